The van der Waals surface area contributed by atoms with Crippen LogP contribution in [0.15, 0.2) is 47.1 Å². The standard InChI is InChI=1S/C19H16N4O3S3/c1-2-23(19-22-13-5-3-4-6-14(13)29-19)15(24)9-26-16(25)10-28-18-12-7-8-27-17(12)20-11-21-18/h3-8,11H,2,9-10H2,1H3. The molecule has 0 aliphatic rings. The minimum absolute atomic E-state index is 0.0719. The summed E-state index contributed by atoms with van der Waals surface area (Å²) in [6.45, 7) is 1.99. The van der Waals surface area contributed by atoms with Gasteiger partial charge in [-0.25, -0.2) is 15.0 Å². The molecule has 3 heterocycles. The summed E-state index contributed by atoms with van der Waals surface area (Å²) in [4.78, 5) is 40.0. The number of esters is 1. The van der Waals surface area contributed by atoms with Crippen LogP contribution in [0.5, 0.6) is 0 Å². The van der Waals surface area contributed by atoms with Gasteiger partial charge in [0.15, 0.2) is 11.7 Å². The van der Waals surface area contributed by atoms with Gasteiger partial charge in [0.1, 0.15) is 16.2 Å². The molecular weight excluding hydrogens is 428 g/mol. The van der Waals surface area contributed by atoms with E-state index in [0.717, 1.165) is 25.5 Å². The Bertz CT molecular complexity index is 1140. The molecule has 0 aliphatic heterocycles. The van der Waals surface area contributed by atoms with E-state index in [1.165, 1.54) is 45.7 Å². The Morgan fingerprint density at radius 2 is 2.07 bits per heavy atom. The van der Waals surface area contributed by atoms with Crippen molar-refractivity contribution in [2.24, 2.45) is 0 Å². The molecule has 148 valence electrons. The van der Waals surface area contributed by atoms with E-state index in [1.807, 2.05) is 42.6 Å². The van der Waals surface area contributed by atoms with Crippen LogP contribution in [0.4, 0.5) is 5.13 Å². The van der Waals surface area contributed by atoms with Gasteiger partial charge in [0.05, 0.1) is 16.0 Å². The molecule has 3 aromatic heterocycles. The lowest BCUT2D eigenvalue weighted by molar-refractivity contribution is -0.145. The van der Waals surface area contributed by atoms with Crippen molar-refractivity contribution in [3.63, 3.8) is 0 Å². The summed E-state index contributed by atoms with van der Waals surface area (Å²) in [5, 5.41) is 4.18. The number of fused-ring (bicyclic) bond motifs is 2. The zero-order valence-corrected chi connectivity index (χ0v) is 17.9. The Kier molecular flexibility index (Phi) is 6.02. The van der Waals surface area contributed by atoms with Crippen LogP contribution in [-0.4, -0.2) is 45.7 Å². The number of nitrogens with zero attached hydrogens (tertiary/aromatic N) is 4. The van der Waals surface area contributed by atoms with E-state index < -0.39 is 5.97 Å². The third-order valence-corrected chi connectivity index (χ3v) is 6.90. The topological polar surface area (TPSA) is 85.3 Å². The average Bonchev–Trinajstić information content (AvgIpc) is 3.38. The van der Waals surface area contributed by atoms with Crippen LogP contribution in [0.3, 0.4) is 0 Å². The van der Waals surface area contributed by atoms with Crippen molar-refractivity contribution in [3.05, 3.63) is 42.0 Å². The van der Waals surface area contributed by atoms with Crippen molar-refractivity contribution in [2.75, 3.05) is 23.8 Å². The maximum Gasteiger partial charge on any atom is 0.316 e. The van der Waals surface area contributed by atoms with Gasteiger partial charge in [0.25, 0.3) is 5.91 Å². The van der Waals surface area contributed by atoms with Gasteiger partial charge < -0.3 is 4.74 Å². The molecule has 7 nitrogen and oxygen atoms in total. The number of anilines is 1. The van der Waals surface area contributed by atoms with Gasteiger partial charge in [-0.1, -0.05) is 35.2 Å². The van der Waals surface area contributed by atoms with Gasteiger partial charge in [-0.15, -0.1) is 11.3 Å². The number of carbonyl (C=O) groups excluding carboxylic acids is 2. The number of thiophene rings is 1. The zero-order valence-electron chi connectivity index (χ0n) is 15.4. The first kappa shape index (κ1) is 19.7. The molecule has 1 aromatic carbocycles. The second-order valence-electron chi connectivity index (χ2n) is 5.87. The van der Waals surface area contributed by atoms with Crippen molar-refractivity contribution >= 4 is 71.9 Å². The number of thioether (sulfide) groups is 1. The van der Waals surface area contributed by atoms with E-state index in [-0.39, 0.29) is 18.3 Å². The maximum absolute atomic E-state index is 12.6. The molecule has 4 rings (SSSR count). The van der Waals surface area contributed by atoms with Crippen LogP contribution >= 0.6 is 34.4 Å². The summed E-state index contributed by atoms with van der Waals surface area (Å²) in [5.41, 5.74) is 0.844. The second-order valence-corrected chi connectivity index (χ2v) is 8.74. The number of thiazole rings is 1. The van der Waals surface area contributed by atoms with E-state index in [9.17, 15) is 9.59 Å². The summed E-state index contributed by atoms with van der Waals surface area (Å²) in [6, 6.07) is 9.63. The quantitative estimate of drug-likeness (QED) is 0.242. The highest BCUT2D eigenvalue weighted by Crippen LogP contribution is 2.29. The van der Waals surface area contributed by atoms with Gasteiger partial charge in [-0.3, -0.25) is 14.5 Å². The van der Waals surface area contributed by atoms with E-state index in [2.05, 4.69) is 15.0 Å². The Hall–Kier alpha value is -2.56. The number of ether oxygens (including phenoxy) is 1. The number of rotatable bonds is 7. The van der Waals surface area contributed by atoms with Crippen molar-refractivity contribution in [2.45, 2.75) is 11.9 Å². The fraction of sp³-hybridized carbons (Fsp3) is 0.211. The van der Waals surface area contributed by atoms with Crippen LogP contribution in [0.2, 0.25) is 0 Å². The predicted molar refractivity (Wildman–Crippen MR) is 117 cm³/mol. The van der Waals surface area contributed by atoms with Gasteiger partial charge in [-0.2, -0.15) is 0 Å². The van der Waals surface area contributed by atoms with Crippen LogP contribution in [-0.2, 0) is 14.3 Å². The van der Waals surface area contributed by atoms with Gasteiger partial charge >= 0.3 is 5.97 Å². The molecule has 0 spiro atoms. The Morgan fingerprint density at radius 1 is 1.21 bits per heavy atom. The van der Waals surface area contributed by atoms with E-state index in [1.54, 1.807) is 0 Å². The summed E-state index contributed by atoms with van der Waals surface area (Å²) in [7, 11) is 0. The molecule has 0 radical (unpaired) electrons. The number of carbonyl (C=O) groups is 2. The molecule has 10 heteroatoms. The summed E-state index contributed by atoms with van der Waals surface area (Å²) in [6.07, 6.45) is 1.48. The Morgan fingerprint density at radius 3 is 2.90 bits per heavy atom. The summed E-state index contributed by atoms with van der Waals surface area (Å²) < 4.78 is 6.19. The van der Waals surface area contributed by atoms with Gasteiger partial charge in [0.2, 0.25) is 0 Å². The average molecular weight is 445 g/mol. The first-order valence-corrected chi connectivity index (χ1v) is 11.5. The van der Waals surface area contributed by atoms with Crippen LogP contribution in [0.1, 0.15) is 6.92 Å². The van der Waals surface area contributed by atoms with Crippen molar-refractivity contribution in [1.29, 1.82) is 0 Å². The lowest BCUT2D eigenvalue weighted by atomic mass is 10.3. The number of para-hydroxylation sites is 1. The Labute approximate surface area is 178 Å². The fourth-order valence-electron chi connectivity index (χ4n) is 2.67. The van der Waals surface area contributed by atoms with E-state index in [0.29, 0.717) is 11.7 Å². The van der Waals surface area contributed by atoms with Crippen molar-refractivity contribution in [3.8, 4) is 0 Å². The number of benzene rings is 1. The highest BCUT2D eigenvalue weighted by atomic mass is 32.2. The third kappa shape index (κ3) is 4.39. The number of hydrogen-bond acceptors (Lipinski definition) is 9. The molecular formula is C19H16N4O3S3. The molecule has 0 saturated heterocycles. The van der Waals surface area contributed by atoms with Crippen LogP contribution < -0.4 is 4.90 Å². The molecule has 29 heavy (non-hydrogen) atoms. The first-order valence-electron chi connectivity index (χ1n) is 8.78. The minimum Gasteiger partial charge on any atom is -0.455 e. The minimum atomic E-state index is -0.467. The van der Waals surface area contributed by atoms with Gasteiger partial charge in [-0.05, 0) is 30.5 Å². The number of amides is 1. The Balaban J connectivity index is 1.34. The first-order chi connectivity index (χ1) is 14.2. The van der Waals surface area contributed by atoms with E-state index >= 15 is 0 Å². The molecule has 4 aromatic rings. The maximum atomic E-state index is 12.6. The van der Waals surface area contributed by atoms with Crippen molar-refractivity contribution in [1.82, 2.24) is 15.0 Å². The fourth-order valence-corrected chi connectivity index (χ4v) is 5.29. The van der Waals surface area contributed by atoms with E-state index in [4.69, 9.17) is 4.74 Å². The monoisotopic (exact) mass is 444 g/mol. The molecule has 1 amide bonds. The van der Waals surface area contributed by atoms with Gasteiger partial charge in [0, 0.05) is 11.9 Å². The molecule has 0 unspecified atom stereocenters. The second kappa shape index (κ2) is 8.85. The molecule has 0 bridgehead atoms. The van der Waals surface area contributed by atoms with Crippen LogP contribution in [0, 0.1) is 0 Å². The lowest BCUT2D eigenvalue weighted by Gasteiger charge is -2.17. The summed E-state index contributed by atoms with van der Waals surface area (Å²) in [5.74, 6) is -0.694. The number of hydrogen-bond donors (Lipinski definition) is 0. The van der Waals surface area contributed by atoms with Crippen molar-refractivity contribution < 1.29 is 14.3 Å². The lowest BCUT2D eigenvalue weighted by Crippen LogP contribution is -2.34. The largest absolute Gasteiger partial charge is 0.455 e. The summed E-state index contributed by atoms with van der Waals surface area (Å²) >= 11 is 4.23. The SMILES string of the molecule is CCN(C(=O)COC(=O)CSc1ncnc2sccc12)c1nc2ccccc2s1. The predicted octanol–water partition coefficient (Wildman–Crippen LogP) is 3.99. The molecule has 0 N–H and O–H groups in total. The third-order valence-electron chi connectivity index (χ3n) is 4.04. The normalized spacial score (nSPS) is 11.1. The zero-order chi connectivity index (χ0) is 20.2. The highest BCUT2D eigenvalue weighted by Gasteiger charge is 2.20. The molecule has 0 fully saturated rings. The highest BCUT2D eigenvalue weighted by molar-refractivity contribution is 8.00. The molecule has 0 atom stereocenters. The number of aromatic nitrogens is 3. The number of likely N-dealkylation sites (N-methyl/N-ethyl adjacent to an activating group) is 1. The molecule has 0 aliphatic carbocycles. The molecule has 0 saturated carbocycles. The smallest absolute Gasteiger partial charge is 0.316 e. The van der Waals surface area contributed by atoms with Crippen LogP contribution in [0.25, 0.3) is 20.4 Å².